The van der Waals surface area contributed by atoms with Crippen molar-refractivity contribution in [2.24, 2.45) is 5.92 Å². The van der Waals surface area contributed by atoms with Gasteiger partial charge in [-0.05, 0) is 65.9 Å². The number of ether oxygens (including phenoxy) is 3. The Morgan fingerprint density at radius 3 is 2.71 bits per heavy atom. The second-order valence-electron chi connectivity index (χ2n) is 9.94. The van der Waals surface area contributed by atoms with Crippen LogP contribution in [0.2, 0.25) is 0 Å². The zero-order valence-corrected chi connectivity index (χ0v) is 21.0. The van der Waals surface area contributed by atoms with Gasteiger partial charge in [0.25, 0.3) is 5.91 Å². The number of hydrogen-bond donors (Lipinski definition) is 0. The Bertz CT molecular complexity index is 1610. The van der Waals surface area contributed by atoms with Gasteiger partial charge >= 0.3 is 0 Å². The molecule has 4 aromatic rings. The molecule has 0 saturated carbocycles. The Balaban J connectivity index is 1.45. The van der Waals surface area contributed by atoms with Gasteiger partial charge in [0.2, 0.25) is 12.6 Å². The normalized spacial score (nSPS) is 15.9. The molecule has 1 atom stereocenters. The van der Waals surface area contributed by atoms with E-state index in [4.69, 9.17) is 18.6 Å². The number of halogens is 1. The van der Waals surface area contributed by atoms with Gasteiger partial charge < -0.3 is 23.5 Å². The molecule has 0 spiro atoms. The molecule has 8 heteroatoms. The Hall–Kier alpha value is -4.33. The summed E-state index contributed by atoms with van der Waals surface area (Å²) in [4.78, 5) is 29.0. The average Bonchev–Trinajstić information content (AvgIpc) is 3.47. The summed E-state index contributed by atoms with van der Waals surface area (Å²) in [5.74, 6) is 1.36. The predicted octanol–water partition coefficient (Wildman–Crippen LogP) is 5.83. The van der Waals surface area contributed by atoms with Crippen molar-refractivity contribution in [1.82, 2.24) is 4.90 Å². The summed E-state index contributed by atoms with van der Waals surface area (Å²) >= 11 is 0. The SMILES string of the molecule is CC(C)CCOc1cccc([C@H]2c3c(oc4ccc(F)cc4c3=O)C(=O)N2Cc2ccc3c(c2)OCO3)c1. The second kappa shape index (κ2) is 9.52. The molecule has 2 aliphatic rings. The van der Waals surface area contributed by atoms with Gasteiger partial charge in [0.05, 0.1) is 23.6 Å². The molecule has 0 bridgehead atoms. The van der Waals surface area contributed by atoms with Crippen molar-refractivity contribution < 1.29 is 27.8 Å². The third-order valence-corrected chi connectivity index (χ3v) is 6.86. The van der Waals surface area contributed by atoms with E-state index in [1.165, 1.54) is 12.1 Å². The van der Waals surface area contributed by atoms with E-state index in [1.807, 2.05) is 36.4 Å². The van der Waals surface area contributed by atoms with E-state index >= 15 is 0 Å². The quantitative estimate of drug-likeness (QED) is 0.308. The highest BCUT2D eigenvalue weighted by molar-refractivity contribution is 5.99. The smallest absolute Gasteiger partial charge is 0.291 e. The van der Waals surface area contributed by atoms with Crippen molar-refractivity contribution in [2.75, 3.05) is 13.4 Å². The van der Waals surface area contributed by atoms with Crippen molar-refractivity contribution in [3.63, 3.8) is 0 Å². The number of rotatable bonds is 7. The lowest BCUT2D eigenvalue weighted by atomic mass is 9.98. The summed E-state index contributed by atoms with van der Waals surface area (Å²) in [5, 5.41) is 0.0933. The monoisotopic (exact) mass is 515 g/mol. The Labute approximate surface area is 218 Å². The lowest BCUT2D eigenvalue weighted by Crippen LogP contribution is -2.29. The molecule has 1 amide bonds. The Kier molecular flexibility index (Phi) is 6.02. The third-order valence-electron chi connectivity index (χ3n) is 6.86. The van der Waals surface area contributed by atoms with Gasteiger partial charge in [0, 0.05) is 6.54 Å². The fourth-order valence-corrected chi connectivity index (χ4v) is 4.93. The van der Waals surface area contributed by atoms with Crippen LogP contribution in [-0.4, -0.2) is 24.2 Å². The van der Waals surface area contributed by atoms with E-state index in [0.29, 0.717) is 35.3 Å². The van der Waals surface area contributed by atoms with Crippen molar-refractivity contribution in [3.05, 3.63) is 99.2 Å². The molecule has 0 saturated heterocycles. The highest BCUT2D eigenvalue weighted by Gasteiger charge is 2.43. The van der Waals surface area contributed by atoms with Crippen molar-refractivity contribution in [3.8, 4) is 17.2 Å². The van der Waals surface area contributed by atoms with E-state index in [1.54, 1.807) is 11.0 Å². The maximum Gasteiger partial charge on any atom is 0.291 e. The lowest BCUT2D eigenvalue weighted by molar-refractivity contribution is 0.0714. The first-order valence-electron chi connectivity index (χ1n) is 12.6. The van der Waals surface area contributed by atoms with Gasteiger partial charge in [-0.2, -0.15) is 0 Å². The zero-order chi connectivity index (χ0) is 26.4. The van der Waals surface area contributed by atoms with Crippen LogP contribution < -0.4 is 19.6 Å². The van der Waals surface area contributed by atoms with Gasteiger partial charge in [0.1, 0.15) is 17.1 Å². The lowest BCUT2D eigenvalue weighted by Gasteiger charge is -2.25. The minimum absolute atomic E-state index is 0.0361. The molecule has 0 radical (unpaired) electrons. The summed E-state index contributed by atoms with van der Waals surface area (Å²) in [6.07, 6.45) is 0.895. The van der Waals surface area contributed by atoms with Crippen LogP contribution in [0.3, 0.4) is 0 Å². The number of amides is 1. The van der Waals surface area contributed by atoms with E-state index in [0.717, 1.165) is 18.1 Å². The molecule has 38 heavy (non-hydrogen) atoms. The fraction of sp³-hybridized carbons (Fsp3) is 0.267. The van der Waals surface area contributed by atoms with Crippen LogP contribution in [0.25, 0.3) is 11.0 Å². The first kappa shape index (κ1) is 24.0. The van der Waals surface area contributed by atoms with Crippen molar-refractivity contribution >= 4 is 16.9 Å². The summed E-state index contributed by atoms with van der Waals surface area (Å²) in [7, 11) is 0. The van der Waals surface area contributed by atoms with Crippen molar-refractivity contribution in [2.45, 2.75) is 32.9 Å². The van der Waals surface area contributed by atoms with Gasteiger partial charge in [-0.1, -0.05) is 32.0 Å². The summed E-state index contributed by atoms with van der Waals surface area (Å²) in [6, 6.07) is 15.8. The van der Waals surface area contributed by atoms with Gasteiger partial charge in [-0.15, -0.1) is 0 Å². The zero-order valence-electron chi connectivity index (χ0n) is 21.0. The maximum absolute atomic E-state index is 14.1. The maximum atomic E-state index is 14.1. The molecular formula is C30H26FNO6. The first-order valence-corrected chi connectivity index (χ1v) is 12.6. The Morgan fingerprint density at radius 2 is 1.87 bits per heavy atom. The van der Waals surface area contributed by atoms with E-state index < -0.39 is 23.2 Å². The van der Waals surface area contributed by atoms with E-state index in [2.05, 4.69) is 13.8 Å². The third kappa shape index (κ3) is 4.26. The largest absolute Gasteiger partial charge is 0.494 e. The van der Waals surface area contributed by atoms with Crippen LogP contribution in [0.15, 0.2) is 69.9 Å². The van der Waals surface area contributed by atoms with Crippen LogP contribution in [0.4, 0.5) is 4.39 Å². The number of benzene rings is 3. The fourth-order valence-electron chi connectivity index (χ4n) is 4.93. The van der Waals surface area contributed by atoms with Crippen LogP contribution in [0, 0.1) is 11.7 Å². The van der Waals surface area contributed by atoms with Crippen LogP contribution in [0.1, 0.15) is 53.6 Å². The van der Waals surface area contributed by atoms with Crippen molar-refractivity contribution in [1.29, 1.82) is 0 Å². The molecule has 1 aromatic heterocycles. The first-order chi connectivity index (χ1) is 18.4. The van der Waals surface area contributed by atoms with Crippen LogP contribution in [0.5, 0.6) is 17.2 Å². The molecule has 6 rings (SSSR count). The number of carbonyl (C=O) groups is 1. The summed E-state index contributed by atoms with van der Waals surface area (Å²) < 4.78 is 36.9. The molecule has 3 heterocycles. The highest BCUT2D eigenvalue weighted by atomic mass is 19.1. The Morgan fingerprint density at radius 1 is 1.03 bits per heavy atom. The van der Waals surface area contributed by atoms with Crippen LogP contribution in [-0.2, 0) is 6.54 Å². The average molecular weight is 516 g/mol. The number of fused-ring (bicyclic) bond motifs is 3. The minimum Gasteiger partial charge on any atom is -0.494 e. The molecule has 2 aliphatic heterocycles. The number of hydrogen-bond acceptors (Lipinski definition) is 6. The van der Waals surface area contributed by atoms with Gasteiger partial charge in [-0.3, -0.25) is 9.59 Å². The molecular weight excluding hydrogens is 489 g/mol. The second-order valence-corrected chi connectivity index (χ2v) is 9.94. The molecule has 194 valence electrons. The van der Waals surface area contributed by atoms with E-state index in [9.17, 15) is 14.0 Å². The molecule has 0 N–H and O–H groups in total. The van der Waals surface area contributed by atoms with E-state index in [-0.39, 0.29) is 35.6 Å². The van der Waals surface area contributed by atoms with Gasteiger partial charge in [0.15, 0.2) is 16.9 Å². The topological polar surface area (TPSA) is 78.2 Å². The molecule has 7 nitrogen and oxygen atoms in total. The molecule has 3 aromatic carbocycles. The molecule has 0 fully saturated rings. The summed E-state index contributed by atoms with van der Waals surface area (Å²) in [6.45, 7) is 5.13. The number of carbonyl (C=O) groups excluding carboxylic acids is 1. The molecule has 0 aliphatic carbocycles. The minimum atomic E-state index is -0.750. The standard InChI is InChI=1S/C30H26FNO6/c1-17(2)10-11-35-21-5-3-4-19(13-21)27-26-28(33)22-14-20(31)7-9-23(22)38-29(26)30(34)32(27)15-18-6-8-24-25(12-18)37-16-36-24/h3-9,12-14,17,27H,10-11,15-16H2,1-2H3/t27-/m0/s1. The highest BCUT2D eigenvalue weighted by Crippen LogP contribution is 2.41. The van der Waals surface area contributed by atoms with Crippen LogP contribution >= 0.6 is 0 Å². The predicted molar refractivity (Wildman–Crippen MR) is 138 cm³/mol. The molecule has 0 unspecified atom stereocenters. The van der Waals surface area contributed by atoms with Gasteiger partial charge in [-0.25, -0.2) is 4.39 Å². The summed E-state index contributed by atoms with van der Waals surface area (Å²) in [5.41, 5.74) is 1.42. The number of nitrogens with zero attached hydrogens (tertiary/aromatic N) is 1.